The van der Waals surface area contributed by atoms with Gasteiger partial charge < -0.3 is 19.1 Å². The molecular formula is C33H26F3N5O4. The summed E-state index contributed by atoms with van der Waals surface area (Å²) in [6.07, 6.45) is 1.25. The number of hydrogen-bond acceptors (Lipinski definition) is 7. The van der Waals surface area contributed by atoms with Gasteiger partial charge >= 0.3 is 12.0 Å². The van der Waals surface area contributed by atoms with Gasteiger partial charge in [-0.3, -0.25) is 0 Å². The van der Waals surface area contributed by atoms with Crippen molar-refractivity contribution in [2.45, 2.75) is 32.9 Å². The second-order valence-corrected chi connectivity index (χ2v) is 11.5. The molecule has 1 saturated heterocycles. The Labute approximate surface area is 255 Å². The number of benzene rings is 3. The Bertz CT molecular complexity index is 2000. The highest BCUT2D eigenvalue weighted by Gasteiger charge is 2.39. The zero-order valence-electron chi connectivity index (χ0n) is 24.2. The second kappa shape index (κ2) is 11.7. The van der Waals surface area contributed by atoms with E-state index < -0.39 is 23.4 Å². The number of carboxylic acid groups (broad SMARTS) is 1. The van der Waals surface area contributed by atoms with Crippen LogP contribution >= 0.6 is 0 Å². The molecular weight excluding hydrogens is 587 g/mol. The van der Waals surface area contributed by atoms with Crippen molar-refractivity contribution in [1.29, 1.82) is 5.26 Å². The summed E-state index contributed by atoms with van der Waals surface area (Å²) in [4.78, 5) is 24.6. The number of carbonyl (C=O) groups is 1. The quantitative estimate of drug-likeness (QED) is 0.218. The van der Waals surface area contributed by atoms with Gasteiger partial charge in [-0.2, -0.15) is 10.2 Å². The molecule has 228 valence electrons. The van der Waals surface area contributed by atoms with Crippen molar-refractivity contribution in [2.75, 3.05) is 13.2 Å². The number of carboxylic acids is 1. The fourth-order valence-corrected chi connectivity index (χ4v) is 5.45. The molecule has 12 heteroatoms. The molecule has 0 spiro atoms. The van der Waals surface area contributed by atoms with Crippen LogP contribution in [0, 0.1) is 34.2 Å². The number of halogens is 3. The van der Waals surface area contributed by atoms with Crippen LogP contribution in [0.25, 0.3) is 22.3 Å². The first-order chi connectivity index (χ1) is 21.5. The van der Waals surface area contributed by atoms with E-state index in [9.17, 15) is 14.3 Å². The summed E-state index contributed by atoms with van der Waals surface area (Å²) in [5.41, 5.74) is 1.17. The largest absolute Gasteiger partial charge is 0.478 e. The normalized spacial score (nSPS) is 15.7. The fraction of sp³-hybridized carbons (Fsp3) is 0.242. The van der Waals surface area contributed by atoms with Crippen molar-refractivity contribution in [2.24, 2.45) is 5.41 Å². The lowest BCUT2D eigenvalue weighted by Gasteiger charge is -2.28. The molecule has 9 nitrogen and oxygen atoms in total. The lowest BCUT2D eigenvalue weighted by atomic mass is 9.87. The maximum absolute atomic E-state index is 15.6. The Kier molecular flexibility index (Phi) is 7.72. The number of hydrogen-bond donors (Lipinski definition) is 1. The van der Waals surface area contributed by atoms with Crippen LogP contribution in [0.5, 0.6) is 6.01 Å². The minimum atomic E-state index is -1.09. The van der Waals surface area contributed by atoms with Gasteiger partial charge in [0.2, 0.25) is 0 Å². The summed E-state index contributed by atoms with van der Waals surface area (Å²) < 4.78 is 58.5. The fourth-order valence-electron chi connectivity index (χ4n) is 5.45. The van der Waals surface area contributed by atoms with Crippen LogP contribution < -0.4 is 4.74 Å². The van der Waals surface area contributed by atoms with Gasteiger partial charge in [0.25, 0.3) is 0 Å². The number of nitrogens with zero attached hydrogens (tertiary/aromatic N) is 5. The highest BCUT2D eigenvalue weighted by molar-refractivity contribution is 5.92. The first kappa shape index (κ1) is 29.8. The Hall–Kier alpha value is -5.28. The van der Waals surface area contributed by atoms with Crippen molar-refractivity contribution < 1.29 is 32.5 Å². The topological polar surface area (TPSA) is 123 Å². The van der Waals surface area contributed by atoms with E-state index in [-0.39, 0.29) is 64.0 Å². The summed E-state index contributed by atoms with van der Waals surface area (Å²) in [6.45, 7) is 4.64. The molecule has 0 radical (unpaired) electrons. The van der Waals surface area contributed by atoms with Gasteiger partial charge in [-0.05, 0) is 54.1 Å². The second-order valence-electron chi connectivity index (χ2n) is 11.5. The van der Waals surface area contributed by atoms with Gasteiger partial charge in [-0.25, -0.2) is 27.9 Å². The number of rotatable bonds is 8. The number of fused-ring (bicyclic) bond motifs is 1. The van der Waals surface area contributed by atoms with E-state index in [0.29, 0.717) is 30.1 Å². The molecule has 5 aromatic rings. The highest BCUT2D eigenvalue weighted by atomic mass is 19.1. The maximum atomic E-state index is 15.6. The molecule has 6 rings (SSSR count). The van der Waals surface area contributed by atoms with E-state index in [1.165, 1.54) is 36.5 Å². The number of ether oxygens (including phenoxy) is 2. The van der Waals surface area contributed by atoms with Crippen LogP contribution in [-0.2, 0) is 17.8 Å². The zero-order chi connectivity index (χ0) is 31.9. The van der Waals surface area contributed by atoms with Crippen molar-refractivity contribution in [1.82, 2.24) is 19.5 Å². The van der Waals surface area contributed by atoms with E-state index in [1.54, 1.807) is 6.07 Å². The molecule has 2 aromatic heterocycles. The van der Waals surface area contributed by atoms with Crippen LogP contribution in [0.15, 0.2) is 60.8 Å². The summed E-state index contributed by atoms with van der Waals surface area (Å²) in [6, 6.07) is 13.5. The molecule has 0 aliphatic carbocycles. The van der Waals surface area contributed by atoms with Crippen LogP contribution in [0.4, 0.5) is 13.2 Å². The van der Waals surface area contributed by atoms with E-state index in [0.717, 1.165) is 18.2 Å². The molecule has 1 aliphatic heterocycles. The lowest BCUT2D eigenvalue weighted by molar-refractivity contribution is 0.0697. The first-order valence-electron chi connectivity index (χ1n) is 14.0. The molecule has 1 unspecified atom stereocenters. The molecule has 0 bridgehead atoms. The van der Waals surface area contributed by atoms with Crippen LogP contribution in [0.2, 0.25) is 0 Å². The molecule has 1 atom stereocenters. The molecule has 1 aliphatic rings. The van der Waals surface area contributed by atoms with Gasteiger partial charge in [-0.1, -0.05) is 19.9 Å². The highest BCUT2D eigenvalue weighted by Crippen LogP contribution is 2.40. The molecule has 3 aromatic carbocycles. The average molecular weight is 614 g/mol. The monoisotopic (exact) mass is 613 g/mol. The summed E-state index contributed by atoms with van der Waals surface area (Å²) in [7, 11) is 0. The molecule has 1 fully saturated rings. The van der Waals surface area contributed by atoms with E-state index in [2.05, 4.69) is 15.0 Å². The smallest absolute Gasteiger partial charge is 0.335 e. The van der Waals surface area contributed by atoms with E-state index in [1.807, 2.05) is 24.5 Å². The summed E-state index contributed by atoms with van der Waals surface area (Å²) in [5, 5.41) is 18.5. The number of nitriles is 1. The van der Waals surface area contributed by atoms with Crippen LogP contribution in [0.3, 0.4) is 0 Å². The van der Waals surface area contributed by atoms with Gasteiger partial charge in [0, 0.05) is 29.2 Å². The van der Waals surface area contributed by atoms with Crippen molar-refractivity contribution >= 4 is 17.0 Å². The Morgan fingerprint density at radius 3 is 2.58 bits per heavy atom. The minimum absolute atomic E-state index is 0.0461. The first-order valence-corrected chi connectivity index (χ1v) is 14.0. The third-order valence-electron chi connectivity index (χ3n) is 7.91. The zero-order valence-corrected chi connectivity index (χ0v) is 24.2. The van der Waals surface area contributed by atoms with E-state index in [4.69, 9.17) is 14.7 Å². The minimum Gasteiger partial charge on any atom is -0.478 e. The lowest BCUT2D eigenvalue weighted by Crippen LogP contribution is -2.27. The summed E-state index contributed by atoms with van der Waals surface area (Å²) >= 11 is 0. The number of imidazole rings is 1. The predicted octanol–water partition coefficient (Wildman–Crippen LogP) is 6.25. The standard InChI is InChI=1S/C33H26F3N5O4/c1-33(2)17-44-16-29(33)41-28-11-19(31(42)43)5-6-27(28)39-30(41)12-21-10-25(36)22(13-24(21)35)26-7-8-38-32(40-26)45-15-20-4-3-18(14-37)9-23(20)34/h3-11,13,29H,12,15-17H2,1-2H3,(H,42,43). The van der Waals surface area contributed by atoms with Gasteiger partial charge in [0.1, 0.15) is 29.9 Å². The molecule has 3 heterocycles. The molecule has 0 amide bonds. The molecule has 0 saturated carbocycles. The van der Waals surface area contributed by atoms with Crippen LogP contribution in [0.1, 0.15) is 52.8 Å². The van der Waals surface area contributed by atoms with Gasteiger partial charge in [-0.15, -0.1) is 0 Å². The SMILES string of the molecule is CC1(C)COCC1n1c(Cc2cc(F)c(-c3ccnc(OCc4ccc(C#N)cc4F)n3)cc2F)nc2ccc(C(=O)O)cc21. The Balaban J connectivity index is 1.30. The summed E-state index contributed by atoms with van der Waals surface area (Å²) in [5.74, 6) is -2.71. The predicted molar refractivity (Wildman–Crippen MR) is 156 cm³/mol. The van der Waals surface area contributed by atoms with Crippen molar-refractivity contribution in [3.63, 3.8) is 0 Å². The molecule has 45 heavy (non-hydrogen) atoms. The van der Waals surface area contributed by atoms with Gasteiger partial charge in [0.15, 0.2) is 0 Å². The Morgan fingerprint density at radius 1 is 1.07 bits per heavy atom. The number of aromatic carboxylic acids is 1. The van der Waals surface area contributed by atoms with Crippen LogP contribution in [-0.4, -0.2) is 43.8 Å². The number of aromatic nitrogens is 4. The van der Waals surface area contributed by atoms with Crippen molar-refractivity contribution in [3.05, 3.63) is 106 Å². The average Bonchev–Trinajstić information content (AvgIpc) is 3.55. The third kappa shape index (κ3) is 5.82. The van der Waals surface area contributed by atoms with Gasteiger partial charge in [0.05, 0.1) is 53.2 Å². The third-order valence-corrected chi connectivity index (χ3v) is 7.91. The maximum Gasteiger partial charge on any atom is 0.335 e. The molecule has 1 N–H and O–H groups in total. The van der Waals surface area contributed by atoms with Crippen molar-refractivity contribution in [3.8, 4) is 23.3 Å². The Morgan fingerprint density at radius 2 is 1.87 bits per heavy atom. The van der Waals surface area contributed by atoms with E-state index >= 15 is 8.78 Å².